The molecule has 4 amide bonds. The van der Waals surface area contributed by atoms with Gasteiger partial charge in [-0.1, -0.05) is 18.7 Å². The third-order valence-corrected chi connectivity index (χ3v) is 4.22. The van der Waals surface area contributed by atoms with Gasteiger partial charge in [0.05, 0.1) is 0 Å². The van der Waals surface area contributed by atoms with Gasteiger partial charge in [0, 0.05) is 37.9 Å². The standard InChI is InChI=1S/C15H19N5O3S/c1-2-24-15-19-11-4-3-10(9-12(11)23-15)18-13(21)16-5-7-20-8-6-17-14(20)22/h3-4,9H,2,5-8H2,1H3,(H,17,22)(H2,16,18,21). The van der Waals surface area contributed by atoms with Crippen molar-refractivity contribution in [2.24, 2.45) is 0 Å². The van der Waals surface area contributed by atoms with E-state index in [2.05, 4.69) is 20.9 Å². The summed E-state index contributed by atoms with van der Waals surface area (Å²) in [5.74, 6) is 0.884. The Hall–Kier alpha value is -2.42. The molecule has 0 aliphatic carbocycles. The molecule has 0 radical (unpaired) electrons. The number of hydrogen-bond acceptors (Lipinski definition) is 5. The van der Waals surface area contributed by atoms with Gasteiger partial charge >= 0.3 is 12.1 Å². The van der Waals surface area contributed by atoms with Gasteiger partial charge in [-0.3, -0.25) is 0 Å². The van der Waals surface area contributed by atoms with Crippen LogP contribution in [-0.2, 0) is 0 Å². The molecule has 0 atom stereocenters. The zero-order chi connectivity index (χ0) is 16.9. The van der Waals surface area contributed by atoms with Crippen molar-refractivity contribution in [1.29, 1.82) is 0 Å². The van der Waals surface area contributed by atoms with Crippen LogP contribution in [0.5, 0.6) is 0 Å². The normalized spacial score (nSPS) is 14.0. The van der Waals surface area contributed by atoms with Gasteiger partial charge in [-0.15, -0.1) is 0 Å². The van der Waals surface area contributed by atoms with Crippen LogP contribution < -0.4 is 16.0 Å². The average Bonchev–Trinajstić information content (AvgIpc) is 3.13. The number of oxazole rings is 1. The molecular formula is C15H19N5O3S. The molecule has 0 unspecified atom stereocenters. The lowest BCUT2D eigenvalue weighted by atomic mass is 10.3. The number of carbonyl (C=O) groups excluding carboxylic acids is 2. The molecule has 1 aromatic heterocycles. The van der Waals surface area contributed by atoms with Crippen molar-refractivity contribution in [3.63, 3.8) is 0 Å². The van der Waals surface area contributed by atoms with Crippen LogP contribution >= 0.6 is 11.8 Å². The summed E-state index contributed by atoms with van der Waals surface area (Å²) in [6.45, 7) is 4.23. The number of nitrogens with one attached hydrogen (secondary N) is 3. The number of rotatable bonds is 6. The number of anilines is 1. The summed E-state index contributed by atoms with van der Waals surface area (Å²) in [5, 5.41) is 8.82. The lowest BCUT2D eigenvalue weighted by Crippen LogP contribution is -2.38. The first-order valence-corrected chi connectivity index (χ1v) is 8.75. The Balaban J connectivity index is 1.52. The van der Waals surface area contributed by atoms with Crippen molar-refractivity contribution in [2.45, 2.75) is 12.1 Å². The van der Waals surface area contributed by atoms with Crippen molar-refractivity contribution in [3.8, 4) is 0 Å². The van der Waals surface area contributed by atoms with E-state index in [1.165, 1.54) is 11.8 Å². The van der Waals surface area contributed by atoms with Crippen LogP contribution in [0.4, 0.5) is 15.3 Å². The Morgan fingerprint density at radius 2 is 2.38 bits per heavy atom. The highest BCUT2D eigenvalue weighted by Crippen LogP contribution is 2.25. The summed E-state index contributed by atoms with van der Waals surface area (Å²) >= 11 is 1.53. The minimum absolute atomic E-state index is 0.0891. The molecule has 1 fully saturated rings. The molecule has 8 nitrogen and oxygen atoms in total. The van der Waals surface area contributed by atoms with Gasteiger partial charge in [-0.2, -0.15) is 0 Å². The van der Waals surface area contributed by atoms with E-state index in [4.69, 9.17) is 4.42 Å². The molecule has 0 saturated carbocycles. The Morgan fingerprint density at radius 1 is 1.50 bits per heavy atom. The number of urea groups is 2. The van der Waals surface area contributed by atoms with Crippen molar-refractivity contribution >= 4 is 40.6 Å². The number of fused-ring (bicyclic) bond motifs is 1. The van der Waals surface area contributed by atoms with Gasteiger partial charge in [0.2, 0.25) is 0 Å². The lowest BCUT2D eigenvalue weighted by molar-refractivity contribution is 0.216. The van der Waals surface area contributed by atoms with Crippen molar-refractivity contribution in [2.75, 3.05) is 37.2 Å². The van der Waals surface area contributed by atoms with Crippen LogP contribution in [0.1, 0.15) is 6.92 Å². The molecule has 0 spiro atoms. The fraction of sp³-hybridized carbons (Fsp3) is 0.400. The molecular weight excluding hydrogens is 330 g/mol. The van der Waals surface area contributed by atoms with Crippen LogP contribution in [0.25, 0.3) is 11.1 Å². The summed E-state index contributed by atoms with van der Waals surface area (Å²) in [4.78, 5) is 29.3. The Kier molecular flexibility index (Phi) is 5.09. The first-order chi connectivity index (χ1) is 11.7. The number of aromatic nitrogens is 1. The highest BCUT2D eigenvalue weighted by atomic mass is 32.2. The molecule has 24 heavy (non-hydrogen) atoms. The third kappa shape index (κ3) is 3.91. The maximum Gasteiger partial charge on any atom is 0.319 e. The van der Waals surface area contributed by atoms with Gasteiger partial charge in [0.15, 0.2) is 5.58 Å². The van der Waals surface area contributed by atoms with Gasteiger partial charge in [-0.05, 0) is 17.9 Å². The van der Waals surface area contributed by atoms with Crippen molar-refractivity contribution in [3.05, 3.63) is 18.2 Å². The van der Waals surface area contributed by atoms with Gasteiger partial charge in [0.25, 0.3) is 5.22 Å². The Morgan fingerprint density at radius 3 is 3.12 bits per heavy atom. The molecule has 128 valence electrons. The van der Waals surface area contributed by atoms with Crippen LogP contribution in [-0.4, -0.2) is 53.9 Å². The van der Waals surface area contributed by atoms with Gasteiger partial charge in [0.1, 0.15) is 5.52 Å². The van der Waals surface area contributed by atoms with Crippen molar-refractivity contribution in [1.82, 2.24) is 20.5 Å². The molecule has 3 rings (SSSR count). The molecule has 9 heteroatoms. The summed E-state index contributed by atoms with van der Waals surface area (Å²) in [5.41, 5.74) is 2.03. The van der Waals surface area contributed by atoms with Crippen LogP contribution in [0.15, 0.2) is 27.8 Å². The number of carbonyl (C=O) groups is 2. The minimum Gasteiger partial charge on any atom is -0.431 e. The molecule has 0 bridgehead atoms. The van der Waals surface area contributed by atoms with E-state index in [0.717, 1.165) is 11.3 Å². The number of hydrogen-bond donors (Lipinski definition) is 3. The number of amides is 4. The predicted octanol–water partition coefficient (Wildman–Crippen LogP) is 2.09. The SMILES string of the molecule is CCSc1nc2ccc(NC(=O)NCCN3CCNC3=O)cc2o1. The summed E-state index contributed by atoms with van der Waals surface area (Å²) in [7, 11) is 0. The average molecular weight is 349 g/mol. The minimum atomic E-state index is -0.323. The maximum atomic E-state index is 11.9. The Labute approximate surface area is 143 Å². The highest BCUT2D eigenvalue weighted by molar-refractivity contribution is 7.99. The first-order valence-electron chi connectivity index (χ1n) is 7.76. The zero-order valence-electron chi connectivity index (χ0n) is 13.3. The largest absolute Gasteiger partial charge is 0.431 e. The summed E-state index contributed by atoms with van der Waals surface area (Å²) < 4.78 is 5.62. The van der Waals surface area contributed by atoms with E-state index in [0.29, 0.717) is 42.7 Å². The zero-order valence-corrected chi connectivity index (χ0v) is 14.1. The second kappa shape index (κ2) is 7.43. The smallest absolute Gasteiger partial charge is 0.319 e. The van der Waals surface area contributed by atoms with Crippen LogP contribution in [0.3, 0.4) is 0 Å². The Bertz CT molecular complexity index is 748. The fourth-order valence-electron chi connectivity index (χ4n) is 2.37. The van der Waals surface area contributed by atoms with Crippen molar-refractivity contribution < 1.29 is 14.0 Å². The first kappa shape index (κ1) is 16.4. The molecule has 2 aromatic rings. The van der Waals surface area contributed by atoms with E-state index >= 15 is 0 Å². The van der Waals surface area contributed by atoms with E-state index in [1.807, 2.05) is 13.0 Å². The molecule has 3 N–H and O–H groups in total. The number of nitrogens with zero attached hydrogens (tertiary/aromatic N) is 2. The number of benzene rings is 1. The number of thioether (sulfide) groups is 1. The summed E-state index contributed by atoms with van der Waals surface area (Å²) in [6.07, 6.45) is 0. The van der Waals surface area contributed by atoms with E-state index < -0.39 is 0 Å². The van der Waals surface area contributed by atoms with E-state index in [1.54, 1.807) is 17.0 Å². The maximum absolute atomic E-state index is 11.9. The van der Waals surface area contributed by atoms with Gasteiger partial charge < -0.3 is 25.3 Å². The summed E-state index contributed by atoms with van der Waals surface area (Å²) in [6, 6.07) is 4.92. The lowest BCUT2D eigenvalue weighted by Gasteiger charge is -2.14. The van der Waals surface area contributed by atoms with Crippen LogP contribution in [0.2, 0.25) is 0 Å². The second-order valence-electron chi connectivity index (χ2n) is 5.20. The van der Waals surface area contributed by atoms with E-state index in [9.17, 15) is 9.59 Å². The molecule has 1 aromatic carbocycles. The molecule has 1 aliphatic heterocycles. The quantitative estimate of drug-likeness (QED) is 0.694. The van der Waals surface area contributed by atoms with Crippen LogP contribution in [0, 0.1) is 0 Å². The molecule has 1 saturated heterocycles. The van der Waals surface area contributed by atoms with Gasteiger partial charge in [-0.25, -0.2) is 14.6 Å². The predicted molar refractivity (Wildman–Crippen MR) is 92.4 cm³/mol. The molecule has 1 aliphatic rings. The van der Waals surface area contributed by atoms with E-state index in [-0.39, 0.29) is 12.1 Å². The highest BCUT2D eigenvalue weighted by Gasteiger charge is 2.18. The third-order valence-electron chi connectivity index (χ3n) is 3.51. The second-order valence-corrected chi connectivity index (χ2v) is 6.41. The fourth-order valence-corrected chi connectivity index (χ4v) is 2.93. The molecule has 2 heterocycles. The monoisotopic (exact) mass is 349 g/mol. The topological polar surface area (TPSA) is 99.5 Å².